The average molecular weight is 270 g/mol. The van der Waals surface area contributed by atoms with E-state index in [-0.39, 0.29) is 11.8 Å². The molecule has 2 rings (SSSR count). The molecule has 1 saturated heterocycles. The number of aryl methyl sites for hydroxylation is 1. The Bertz CT molecular complexity index is 421. The number of aliphatic hydroxyl groups excluding tert-OH is 1. The number of hydrogen-bond acceptors (Lipinski definition) is 5. The van der Waals surface area contributed by atoms with Crippen LogP contribution in [-0.4, -0.2) is 52.3 Å². The van der Waals surface area contributed by atoms with Crippen LogP contribution >= 0.6 is 11.8 Å². The third-order valence-corrected chi connectivity index (χ3v) is 3.70. The summed E-state index contributed by atoms with van der Waals surface area (Å²) in [5, 5.41) is 13.8. The number of thioether (sulfide) groups is 1. The number of amides is 1. The zero-order valence-electron chi connectivity index (χ0n) is 10.6. The third-order valence-electron chi connectivity index (χ3n) is 3.17. The molecule has 1 aromatic rings. The second-order valence-corrected chi connectivity index (χ2v) is 5.56. The zero-order chi connectivity index (χ0) is 13.1. The van der Waals surface area contributed by atoms with Gasteiger partial charge in [-0.05, 0) is 13.2 Å². The van der Waals surface area contributed by atoms with Gasteiger partial charge in [-0.2, -0.15) is 11.8 Å². The summed E-state index contributed by atoms with van der Waals surface area (Å²) in [4.78, 5) is 13.5. The molecule has 0 radical (unpaired) electrons. The molecule has 18 heavy (non-hydrogen) atoms. The summed E-state index contributed by atoms with van der Waals surface area (Å²) in [6, 6.07) is 1.87. The quantitative estimate of drug-likeness (QED) is 0.872. The molecule has 6 heteroatoms. The Morgan fingerprint density at radius 3 is 3.06 bits per heavy atom. The van der Waals surface area contributed by atoms with Gasteiger partial charge in [-0.3, -0.25) is 4.79 Å². The number of likely N-dealkylation sites (tertiary alicyclic amines) is 1. The molecule has 2 atom stereocenters. The molecule has 0 aliphatic carbocycles. The van der Waals surface area contributed by atoms with Gasteiger partial charge in [0.25, 0.3) is 0 Å². The summed E-state index contributed by atoms with van der Waals surface area (Å²) in [6.07, 6.45) is 2.06. The van der Waals surface area contributed by atoms with E-state index in [4.69, 9.17) is 4.52 Å². The van der Waals surface area contributed by atoms with Gasteiger partial charge >= 0.3 is 0 Å². The van der Waals surface area contributed by atoms with E-state index in [1.54, 1.807) is 4.90 Å². The lowest BCUT2D eigenvalue weighted by atomic mass is 10.0. The fourth-order valence-electron chi connectivity index (χ4n) is 2.24. The highest BCUT2D eigenvalue weighted by molar-refractivity contribution is 7.99. The summed E-state index contributed by atoms with van der Waals surface area (Å²) in [6.45, 7) is 2.89. The van der Waals surface area contributed by atoms with Crippen molar-refractivity contribution in [2.75, 3.05) is 25.1 Å². The van der Waals surface area contributed by atoms with Gasteiger partial charge in [0.2, 0.25) is 5.91 Å². The summed E-state index contributed by atoms with van der Waals surface area (Å²) in [5.41, 5.74) is 0.841. The van der Waals surface area contributed by atoms with E-state index in [0.717, 1.165) is 11.5 Å². The van der Waals surface area contributed by atoms with Crippen molar-refractivity contribution in [3.63, 3.8) is 0 Å². The molecule has 100 valence electrons. The molecule has 1 fully saturated rings. The first-order valence-corrected chi connectivity index (χ1v) is 7.36. The first kappa shape index (κ1) is 13.4. The maximum atomic E-state index is 11.8. The van der Waals surface area contributed by atoms with Crippen LogP contribution in [-0.2, 0) is 11.2 Å². The van der Waals surface area contributed by atoms with Crippen molar-refractivity contribution in [1.82, 2.24) is 10.1 Å². The molecule has 0 unspecified atom stereocenters. The molecule has 0 bridgehead atoms. The van der Waals surface area contributed by atoms with Crippen LogP contribution in [0.15, 0.2) is 10.6 Å². The summed E-state index contributed by atoms with van der Waals surface area (Å²) in [5.74, 6) is 1.39. The molecule has 1 amide bonds. The van der Waals surface area contributed by atoms with Gasteiger partial charge in [-0.1, -0.05) is 5.16 Å². The topological polar surface area (TPSA) is 66.6 Å². The van der Waals surface area contributed by atoms with Crippen molar-refractivity contribution in [3.05, 3.63) is 17.5 Å². The molecule has 0 aromatic carbocycles. The smallest absolute Gasteiger partial charge is 0.232 e. The van der Waals surface area contributed by atoms with Crippen LogP contribution in [0.1, 0.15) is 11.5 Å². The van der Waals surface area contributed by atoms with Crippen molar-refractivity contribution >= 4 is 17.7 Å². The van der Waals surface area contributed by atoms with Crippen LogP contribution in [0.5, 0.6) is 0 Å². The standard InChI is InChI=1S/C12H18N2O3S/c1-8-3-10(17-13-8)4-9-5-14(6-11(9)15)12(16)7-18-2/h3,9,11,15H,4-7H2,1-2H3/t9-,11+/m1/s1. The minimum atomic E-state index is -0.471. The minimum Gasteiger partial charge on any atom is -0.391 e. The number of aliphatic hydroxyl groups is 1. The molecular formula is C12H18N2O3S. The van der Waals surface area contributed by atoms with Gasteiger partial charge in [-0.25, -0.2) is 0 Å². The maximum absolute atomic E-state index is 11.8. The van der Waals surface area contributed by atoms with Gasteiger partial charge in [-0.15, -0.1) is 0 Å². The Balaban J connectivity index is 1.93. The largest absolute Gasteiger partial charge is 0.391 e. The molecule has 1 aromatic heterocycles. The molecule has 1 aliphatic heterocycles. The molecule has 5 nitrogen and oxygen atoms in total. The van der Waals surface area contributed by atoms with Crippen molar-refractivity contribution in [3.8, 4) is 0 Å². The van der Waals surface area contributed by atoms with Gasteiger partial charge in [0.15, 0.2) is 0 Å². The first-order valence-electron chi connectivity index (χ1n) is 5.97. The number of aromatic nitrogens is 1. The Morgan fingerprint density at radius 1 is 1.67 bits per heavy atom. The summed E-state index contributed by atoms with van der Waals surface area (Å²) >= 11 is 1.50. The fraction of sp³-hybridized carbons (Fsp3) is 0.667. The molecular weight excluding hydrogens is 252 g/mol. The lowest BCUT2D eigenvalue weighted by Gasteiger charge is -2.14. The normalized spacial score (nSPS) is 23.6. The molecule has 1 aliphatic rings. The Hall–Kier alpha value is -1.01. The third kappa shape index (κ3) is 3.05. The minimum absolute atomic E-state index is 0.0446. The highest BCUT2D eigenvalue weighted by Gasteiger charge is 2.34. The van der Waals surface area contributed by atoms with E-state index in [9.17, 15) is 9.90 Å². The Labute approximate surface area is 111 Å². The van der Waals surface area contributed by atoms with Crippen molar-refractivity contribution in [1.29, 1.82) is 0 Å². The number of hydrogen-bond donors (Lipinski definition) is 1. The van der Waals surface area contributed by atoms with Crippen molar-refractivity contribution in [2.24, 2.45) is 5.92 Å². The van der Waals surface area contributed by atoms with E-state index in [2.05, 4.69) is 5.16 Å². The van der Waals surface area contributed by atoms with E-state index in [1.165, 1.54) is 11.8 Å². The molecule has 2 heterocycles. The highest BCUT2D eigenvalue weighted by Crippen LogP contribution is 2.22. The van der Waals surface area contributed by atoms with Gasteiger partial charge in [0, 0.05) is 31.5 Å². The second kappa shape index (κ2) is 5.75. The lowest BCUT2D eigenvalue weighted by Crippen LogP contribution is -2.31. The Morgan fingerprint density at radius 2 is 2.44 bits per heavy atom. The highest BCUT2D eigenvalue weighted by atomic mass is 32.2. The first-order chi connectivity index (χ1) is 8.60. The van der Waals surface area contributed by atoms with Gasteiger partial charge < -0.3 is 14.5 Å². The van der Waals surface area contributed by atoms with Crippen LogP contribution in [0.2, 0.25) is 0 Å². The second-order valence-electron chi connectivity index (χ2n) is 4.70. The van der Waals surface area contributed by atoms with Crippen LogP contribution in [0, 0.1) is 12.8 Å². The predicted octanol–water partition coefficient (Wildman–Crippen LogP) is 0.708. The number of carbonyl (C=O) groups is 1. The number of β-amino-alcohol motifs (C(OH)–C–C–N with tert-alkyl or cyclic N) is 1. The zero-order valence-corrected chi connectivity index (χ0v) is 11.4. The average Bonchev–Trinajstić information content (AvgIpc) is 2.87. The predicted molar refractivity (Wildman–Crippen MR) is 69.4 cm³/mol. The van der Waals surface area contributed by atoms with E-state index >= 15 is 0 Å². The van der Waals surface area contributed by atoms with Crippen LogP contribution in [0.3, 0.4) is 0 Å². The maximum Gasteiger partial charge on any atom is 0.232 e. The van der Waals surface area contributed by atoms with Crippen LogP contribution in [0.4, 0.5) is 0 Å². The van der Waals surface area contributed by atoms with Gasteiger partial charge in [0.05, 0.1) is 17.6 Å². The van der Waals surface area contributed by atoms with Crippen LogP contribution < -0.4 is 0 Å². The van der Waals surface area contributed by atoms with E-state index in [1.807, 2.05) is 19.2 Å². The van der Waals surface area contributed by atoms with Gasteiger partial charge in [0.1, 0.15) is 5.76 Å². The summed E-state index contributed by atoms with van der Waals surface area (Å²) < 4.78 is 5.15. The molecule has 0 saturated carbocycles. The fourth-order valence-corrected chi connectivity index (χ4v) is 2.67. The number of rotatable bonds is 4. The molecule has 0 spiro atoms. The van der Waals surface area contributed by atoms with Crippen LogP contribution in [0.25, 0.3) is 0 Å². The SMILES string of the molecule is CSCC(=O)N1C[C@@H](Cc2cc(C)no2)[C@@H](O)C1. The number of carbonyl (C=O) groups excluding carboxylic acids is 1. The van der Waals surface area contributed by atoms with Crippen molar-refractivity contribution in [2.45, 2.75) is 19.4 Å². The summed E-state index contributed by atoms with van der Waals surface area (Å²) in [7, 11) is 0. The van der Waals surface area contributed by atoms with E-state index < -0.39 is 6.10 Å². The molecule has 1 N–H and O–H groups in total. The number of nitrogens with zero attached hydrogens (tertiary/aromatic N) is 2. The Kier molecular flexibility index (Phi) is 4.29. The monoisotopic (exact) mass is 270 g/mol. The lowest BCUT2D eigenvalue weighted by molar-refractivity contribution is -0.127. The van der Waals surface area contributed by atoms with Crippen molar-refractivity contribution < 1.29 is 14.4 Å². The van der Waals surface area contributed by atoms with E-state index in [0.29, 0.717) is 25.3 Å².